The second-order valence-corrected chi connectivity index (χ2v) is 6.05. The molecule has 29 heavy (non-hydrogen) atoms. The number of hydrogen-bond donors (Lipinski definition) is 1. The molecule has 0 radical (unpaired) electrons. The molecule has 0 aromatic rings. The number of esters is 3. The smallest absolute Gasteiger partial charge is 0.407 e. The molecule has 1 amide bonds. The number of rotatable bonds is 13. The van der Waals surface area contributed by atoms with E-state index in [4.69, 9.17) is 14.2 Å². The summed E-state index contributed by atoms with van der Waals surface area (Å²) in [5.41, 5.74) is 0.426. The van der Waals surface area contributed by atoms with Crippen LogP contribution in [0.25, 0.3) is 0 Å². The van der Waals surface area contributed by atoms with Gasteiger partial charge in [0.25, 0.3) is 5.95 Å². The fourth-order valence-corrected chi connectivity index (χ4v) is 1.55. The molecule has 10 nitrogen and oxygen atoms in total. The number of ether oxygens (including phenoxy) is 4. The number of likely N-dealkylation sites (N-methyl/N-ethyl adjacent to an activating group) is 1. The lowest BCUT2D eigenvalue weighted by molar-refractivity contribution is -0.151. The van der Waals surface area contributed by atoms with E-state index in [1.807, 2.05) is 0 Å². The molecule has 0 aromatic heterocycles. The summed E-state index contributed by atoms with van der Waals surface area (Å²) in [5.74, 6) is -2.30. The van der Waals surface area contributed by atoms with Crippen LogP contribution in [0.2, 0.25) is 0 Å². The number of nitrogens with zero attached hydrogens (tertiary/aromatic N) is 1. The van der Waals surface area contributed by atoms with E-state index < -0.39 is 29.9 Å². The van der Waals surface area contributed by atoms with Crippen molar-refractivity contribution in [1.82, 2.24) is 10.2 Å². The fourth-order valence-electron chi connectivity index (χ4n) is 1.55. The summed E-state index contributed by atoms with van der Waals surface area (Å²) in [7, 11) is 1.72. The van der Waals surface area contributed by atoms with Crippen LogP contribution in [0.15, 0.2) is 36.8 Å². The topological polar surface area (TPSA) is 120 Å². The Labute approximate surface area is 170 Å². The third-order valence-corrected chi connectivity index (χ3v) is 3.14. The van der Waals surface area contributed by atoms with Crippen LogP contribution >= 0.6 is 0 Å². The Morgan fingerprint density at radius 3 is 2.07 bits per heavy atom. The van der Waals surface area contributed by atoms with Crippen molar-refractivity contribution in [2.24, 2.45) is 0 Å². The first-order chi connectivity index (χ1) is 13.5. The van der Waals surface area contributed by atoms with Gasteiger partial charge in [-0.1, -0.05) is 13.2 Å². The first-order valence-corrected chi connectivity index (χ1v) is 8.72. The Balaban J connectivity index is 3.85. The van der Waals surface area contributed by atoms with Gasteiger partial charge in [0.2, 0.25) is 0 Å². The van der Waals surface area contributed by atoms with E-state index in [-0.39, 0.29) is 37.3 Å². The molecule has 1 N–H and O–H groups in total. The van der Waals surface area contributed by atoms with Crippen LogP contribution in [0, 0.1) is 0 Å². The molecule has 0 heterocycles. The first kappa shape index (κ1) is 25.9. The number of carbonyl (C=O) groups excluding carboxylic acids is 4. The first-order valence-electron chi connectivity index (χ1n) is 8.72. The molecule has 0 aliphatic carbocycles. The lowest BCUT2D eigenvalue weighted by Crippen LogP contribution is -2.32. The van der Waals surface area contributed by atoms with Gasteiger partial charge in [0.15, 0.2) is 0 Å². The van der Waals surface area contributed by atoms with Crippen molar-refractivity contribution in [3.8, 4) is 0 Å². The molecule has 0 aliphatic rings. The monoisotopic (exact) mass is 412 g/mol. The molecule has 162 valence electrons. The molecular weight excluding hydrogens is 384 g/mol. The molecule has 0 bridgehead atoms. The zero-order chi connectivity index (χ0) is 22.4. The van der Waals surface area contributed by atoms with Crippen LogP contribution in [-0.2, 0) is 33.3 Å². The summed E-state index contributed by atoms with van der Waals surface area (Å²) >= 11 is 0. The maximum atomic E-state index is 11.7. The Morgan fingerprint density at radius 2 is 1.48 bits per heavy atom. The Kier molecular flexibility index (Phi) is 12.4. The third-order valence-electron chi connectivity index (χ3n) is 3.14. The summed E-state index contributed by atoms with van der Waals surface area (Å²) < 4.78 is 19.2. The molecule has 0 aromatic carbocycles. The maximum Gasteiger partial charge on any atom is 0.407 e. The molecular formula is C19H28N2O8. The highest BCUT2D eigenvalue weighted by Crippen LogP contribution is 2.04. The number of amides is 1. The van der Waals surface area contributed by atoms with Gasteiger partial charge < -0.3 is 29.2 Å². The molecule has 0 aliphatic heterocycles. The van der Waals surface area contributed by atoms with Crippen LogP contribution < -0.4 is 5.32 Å². The fraction of sp³-hybridized carbons (Fsp3) is 0.474. The van der Waals surface area contributed by atoms with E-state index in [1.54, 1.807) is 11.9 Å². The molecule has 0 fully saturated rings. The van der Waals surface area contributed by atoms with Crippen LogP contribution in [0.4, 0.5) is 4.79 Å². The average molecular weight is 412 g/mol. The predicted molar refractivity (Wildman–Crippen MR) is 103 cm³/mol. The van der Waals surface area contributed by atoms with Gasteiger partial charge in [-0.2, -0.15) is 0 Å². The van der Waals surface area contributed by atoms with E-state index in [9.17, 15) is 19.2 Å². The molecule has 0 spiro atoms. The summed E-state index contributed by atoms with van der Waals surface area (Å²) in [6, 6.07) is 0. The van der Waals surface area contributed by atoms with Crippen molar-refractivity contribution in [3.05, 3.63) is 36.8 Å². The van der Waals surface area contributed by atoms with Gasteiger partial charge in [0.1, 0.15) is 13.2 Å². The molecule has 10 heteroatoms. The Bertz CT molecular complexity index is 657. The lowest BCUT2D eigenvalue weighted by Gasteiger charge is -2.16. The van der Waals surface area contributed by atoms with Crippen molar-refractivity contribution in [1.29, 1.82) is 0 Å². The van der Waals surface area contributed by atoms with Gasteiger partial charge in [-0.15, -0.1) is 0 Å². The zero-order valence-corrected chi connectivity index (χ0v) is 17.1. The van der Waals surface area contributed by atoms with Gasteiger partial charge in [0.05, 0.1) is 13.0 Å². The average Bonchev–Trinajstić information content (AvgIpc) is 2.62. The molecule has 0 atom stereocenters. The lowest BCUT2D eigenvalue weighted by atomic mass is 10.4. The van der Waals surface area contributed by atoms with Crippen LogP contribution in [0.3, 0.4) is 0 Å². The van der Waals surface area contributed by atoms with E-state index in [0.717, 1.165) is 0 Å². The van der Waals surface area contributed by atoms with Crippen molar-refractivity contribution in [2.45, 2.75) is 20.3 Å². The van der Waals surface area contributed by atoms with Crippen LogP contribution in [0.1, 0.15) is 20.3 Å². The van der Waals surface area contributed by atoms with Crippen LogP contribution in [-0.4, -0.2) is 68.8 Å². The van der Waals surface area contributed by atoms with E-state index >= 15 is 0 Å². The number of nitrogens with one attached hydrogen (secondary N) is 1. The number of hydrogen-bond acceptors (Lipinski definition) is 9. The van der Waals surface area contributed by atoms with Gasteiger partial charge in [0, 0.05) is 24.2 Å². The van der Waals surface area contributed by atoms with Gasteiger partial charge in [-0.3, -0.25) is 4.79 Å². The quantitative estimate of drug-likeness (QED) is 0.157. The highest BCUT2D eigenvalue weighted by molar-refractivity contribution is 5.87. The Morgan fingerprint density at radius 1 is 0.862 bits per heavy atom. The van der Waals surface area contributed by atoms with Gasteiger partial charge in [-0.25, -0.2) is 14.4 Å². The van der Waals surface area contributed by atoms with Gasteiger partial charge in [-0.05, 0) is 27.5 Å². The minimum atomic E-state index is -0.732. The minimum absolute atomic E-state index is 0.00970. The highest BCUT2D eigenvalue weighted by atomic mass is 16.7. The van der Waals surface area contributed by atoms with Crippen molar-refractivity contribution < 1.29 is 38.1 Å². The molecule has 0 saturated heterocycles. The molecule has 0 rings (SSSR count). The third kappa shape index (κ3) is 13.6. The van der Waals surface area contributed by atoms with Gasteiger partial charge >= 0.3 is 24.0 Å². The largest absolute Gasteiger partial charge is 0.460 e. The zero-order valence-electron chi connectivity index (χ0n) is 17.1. The summed E-state index contributed by atoms with van der Waals surface area (Å²) in [5, 5.41) is 2.43. The number of carbonyl (C=O) groups is 4. The second kappa shape index (κ2) is 13.9. The van der Waals surface area contributed by atoms with Crippen molar-refractivity contribution in [2.75, 3.05) is 39.9 Å². The standard InChI is InChI=1S/C19H28N2O8/c1-13(2)17(23)26-11-8-20-19(25)27-12-10-21(6)9-7-16(22)28-15(5)29-18(24)14(3)4/h1,3,5,7-12H2,2,4,6H3,(H,20,25). The maximum absolute atomic E-state index is 11.7. The highest BCUT2D eigenvalue weighted by Gasteiger charge is 2.12. The second-order valence-electron chi connectivity index (χ2n) is 6.05. The van der Waals surface area contributed by atoms with Crippen LogP contribution in [0.5, 0.6) is 0 Å². The normalized spacial score (nSPS) is 9.93. The van der Waals surface area contributed by atoms with Crippen molar-refractivity contribution in [3.63, 3.8) is 0 Å². The summed E-state index contributed by atoms with van der Waals surface area (Å²) in [4.78, 5) is 47.3. The molecule has 0 saturated carbocycles. The van der Waals surface area contributed by atoms with E-state index in [1.165, 1.54) is 13.8 Å². The SMILES string of the molecule is C=C(OC(=O)CCN(C)CCOC(=O)NCCOC(=O)C(=C)C)OC(=O)C(=C)C. The van der Waals surface area contributed by atoms with E-state index in [2.05, 4.69) is 29.8 Å². The summed E-state index contributed by atoms with van der Waals surface area (Å²) in [6.45, 7) is 14.0. The summed E-state index contributed by atoms with van der Waals surface area (Å²) in [6.07, 6.45) is -0.639. The number of alkyl carbamates (subject to hydrolysis) is 1. The Hall–Kier alpha value is -3.14. The van der Waals surface area contributed by atoms with E-state index in [0.29, 0.717) is 13.1 Å². The predicted octanol–water partition coefficient (Wildman–Crippen LogP) is 1.29. The van der Waals surface area contributed by atoms with Crippen molar-refractivity contribution >= 4 is 24.0 Å². The minimum Gasteiger partial charge on any atom is -0.460 e. The molecule has 0 unspecified atom stereocenters.